The highest BCUT2D eigenvalue weighted by molar-refractivity contribution is 7.90. The molecular formula is C14H17ClO5S2. The van der Waals surface area contributed by atoms with Gasteiger partial charge < -0.3 is 4.55 Å². The Hall–Kier alpha value is -0.760. The Morgan fingerprint density at radius 2 is 1.86 bits per heavy atom. The van der Waals surface area contributed by atoms with Gasteiger partial charge in [0.05, 0.1) is 9.64 Å². The van der Waals surface area contributed by atoms with E-state index in [0.717, 1.165) is 19.1 Å². The van der Waals surface area contributed by atoms with Crippen molar-refractivity contribution < 1.29 is 22.0 Å². The van der Waals surface area contributed by atoms with Gasteiger partial charge in [-0.05, 0) is 48.6 Å². The first-order valence-corrected chi connectivity index (χ1v) is 10.1. The van der Waals surface area contributed by atoms with Crippen molar-refractivity contribution in [2.45, 2.75) is 42.2 Å². The van der Waals surface area contributed by atoms with Gasteiger partial charge >= 0.3 is 0 Å². The van der Waals surface area contributed by atoms with Crippen LogP contribution in [0.2, 0.25) is 0 Å². The summed E-state index contributed by atoms with van der Waals surface area (Å²) in [5.74, 6) is 0. The van der Waals surface area contributed by atoms with E-state index in [1.165, 1.54) is 12.1 Å². The molecule has 0 amide bonds. The second-order valence-electron chi connectivity index (χ2n) is 5.66. The van der Waals surface area contributed by atoms with E-state index >= 15 is 0 Å². The highest BCUT2D eigenvalue weighted by atomic mass is 35.5. The van der Waals surface area contributed by atoms with Crippen molar-refractivity contribution in [3.63, 3.8) is 0 Å². The molecule has 122 valence electrons. The van der Waals surface area contributed by atoms with Crippen LogP contribution in [0.1, 0.15) is 47.2 Å². The Morgan fingerprint density at radius 1 is 1.32 bits per heavy atom. The summed E-state index contributed by atoms with van der Waals surface area (Å²) in [5, 5.41) is -0.750. The van der Waals surface area contributed by atoms with Gasteiger partial charge in [0.1, 0.15) is 0 Å². The van der Waals surface area contributed by atoms with E-state index in [2.05, 4.69) is 0 Å². The highest BCUT2D eigenvalue weighted by Gasteiger charge is 2.44. The van der Waals surface area contributed by atoms with E-state index in [1.807, 2.05) is 0 Å². The van der Waals surface area contributed by atoms with E-state index in [0.29, 0.717) is 24.0 Å². The molecule has 1 fully saturated rings. The number of sulfone groups is 1. The minimum absolute atomic E-state index is 0.0913. The molecule has 5 nitrogen and oxygen atoms in total. The third-order valence-corrected chi connectivity index (χ3v) is 6.81. The first-order chi connectivity index (χ1) is 10.1. The van der Waals surface area contributed by atoms with Crippen LogP contribution in [0.15, 0.2) is 17.0 Å². The van der Waals surface area contributed by atoms with Crippen molar-refractivity contribution in [3.05, 3.63) is 28.8 Å². The number of carbonyl (C=O) groups excluding carboxylic acids is 1. The molecule has 1 saturated carbocycles. The number of rotatable bonds is 4. The molecule has 0 aromatic heterocycles. The summed E-state index contributed by atoms with van der Waals surface area (Å²) in [5.41, 5.74) is 0.911. The van der Waals surface area contributed by atoms with Crippen molar-refractivity contribution >= 4 is 37.8 Å². The summed E-state index contributed by atoms with van der Waals surface area (Å²) < 4.78 is 44.9. The van der Waals surface area contributed by atoms with E-state index in [-0.39, 0.29) is 10.5 Å². The zero-order chi connectivity index (χ0) is 16.7. The Labute approximate surface area is 137 Å². The van der Waals surface area contributed by atoms with Gasteiger partial charge in [-0.3, -0.25) is 4.79 Å². The van der Waals surface area contributed by atoms with E-state index in [1.54, 1.807) is 6.92 Å². The first kappa shape index (κ1) is 17.6. The summed E-state index contributed by atoms with van der Waals surface area (Å²) in [6.07, 6.45) is 3.40. The summed E-state index contributed by atoms with van der Waals surface area (Å²) in [4.78, 5) is 11.4. The number of benzene rings is 1. The zero-order valence-electron chi connectivity index (χ0n) is 12.3. The fourth-order valence-electron chi connectivity index (χ4n) is 3.05. The number of halogens is 1. The lowest BCUT2D eigenvalue weighted by atomic mass is 9.93. The molecule has 0 aliphatic heterocycles. The molecule has 1 atom stereocenters. The van der Waals surface area contributed by atoms with E-state index in [9.17, 15) is 22.0 Å². The average molecular weight is 365 g/mol. The molecule has 1 N–H and O–H groups in total. The molecule has 8 heteroatoms. The largest absolute Gasteiger partial charge is 0.305 e. The maximum absolute atomic E-state index is 12.1. The van der Waals surface area contributed by atoms with Gasteiger partial charge in [0, 0.05) is 11.8 Å². The second-order valence-corrected chi connectivity index (χ2v) is 9.27. The van der Waals surface area contributed by atoms with Crippen molar-refractivity contribution in [3.8, 4) is 0 Å². The minimum Gasteiger partial charge on any atom is -0.305 e. The highest BCUT2D eigenvalue weighted by Crippen LogP contribution is 2.46. The van der Waals surface area contributed by atoms with Gasteiger partial charge in [0.25, 0.3) is 5.24 Å². The lowest BCUT2D eigenvalue weighted by Gasteiger charge is -2.28. The van der Waals surface area contributed by atoms with Gasteiger partial charge in [0.15, 0.2) is 20.9 Å². The van der Waals surface area contributed by atoms with Crippen LogP contribution in [0.25, 0.3) is 0 Å². The molecule has 1 aromatic rings. The van der Waals surface area contributed by atoms with Crippen LogP contribution in [-0.4, -0.2) is 28.7 Å². The molecule has 22 heavy (non-hydrogen) atoms. The molecular weight excluding hydrogens is 348 g/mol. The number of hydrogen-bond acceptors (Lipinski definition) is 4. The Kier molecular flexibility index (Phi) is 4.82. The third kappa shape index (κ3) is 2.99. The van der Waals surface area contributed by atoms with Crippen molar-refractivity contribution in [2.24, 2.45) is 0 Å². The fourth-order valence-corrected chi connectivity index (χ4v) is 5.30. The topological polar surface area (TPSA) is 88.5 Å². The number of hydrogen-bond donors (Lipinski definition) is 1. The maximum atomic E-state index is 12.1. The third-order valence-electron chi connectivity index (χ3n) is 4.17. The van der Waals surface area contributed by atoms with Crippen LogP contribution in [0.4, 0.5) is 0 Å². The quantitative estimate of drug-likeness (QED) is 0.655. The van der Waals surface area contributed by atoms with Crippen LogP contribution in [0.3, 0.4) is 0 Å². The molecule has 0 spiro atoms. The molecule has 0 saturated heterocycles. The molecule has 0 heterocycles. The van der Waals surface area contributed by atoms with Crippen LogP contribution in [-0.2, 0) is 25.7 Å². The smallest absolute Gasteiger partial charge is 0.252 e. The lowest BCUT2D eigenvalue weighted by Crippen LogP contribution is -2.30. The SMILES string of the molecule is Cc1cc(C2(S(=O)O)CCCC2)c(S(C)(=O)=O)cc1C(=O)Cl. The molecule has 1 aliphatic carbocycles. The summed E-state index contributed by atoms with van der Waals surface area (Å²) >= 11 is 3.29. The monoisotopic (exact) mass is 364 g/mol. The van der Waals surface area contributed by atoms with Gasteiger partial charge in [-0.2, -0.15) is 0 Å². The predicted octanol–water partition coefficient (Wildman–Crippen LogP) is 2.77. The van der Waals surface area contributed by atoms with Crippen LogP contribution in [0.5, 0.6) is 0 Å². The summed E-state index contributed by atoms with van der Waals surface area (Å²) in [7, 11) is -3.67. The molecule has 1 aliphatic rings. The lowest BCUT2D eigenvalue weighted by molar-refractivity contribution is 0.108. The minimum atomic E-state index is -3.67. The average Bonchev–Trinajstić information content (AvgIpc) is 2.86. The molecule has 1 aromatic carbocycles. The molecule has 0 radical (unpaired) electrons. The van der Waals surface area contributed by atoms with Crippen LogP contribution in [0, 0.1) is 6.92 Å². The fraction of sp³-hybridized carbons (Fsp3) is 0.500. The summed E-state index contributed by atoms with van der Waals surface area (Å²) in [6.45, 7) is 1.63. The van der Waals surface area contributed by atoms with E-state index in [4.69, 9.17) is 11.6 Å². The standard InChI is InChI=1S/C14H17ClO5S2/c1-9-7-11(14(21(17)18)5-3-4-6-14)12(22(2,19)20)8-10(9)13(15)16/h7-8H,3-6H2,1-2H3,(H,17,18). The molecule has 2 rings (SSSR count). The zero-order valence-corrected chi connectivity index (χ0v) is 14.6. The summed E-state index contributed by atoms with van der Waals surface area (Å²) in [6, 6.07) is 2.74. The molecule has 0 bridgehead atoms. The normalized spacial score (nSPS) is 19.1. The van der Waals surface area contributed by atoms with E-state index < -0.39 is 30.9 Å². The Morgan fingerprint density at radius 3 is 2.27 bits per heavy atom. The predicted molar refractivity (Wildman–Crippen MR) is 85.4 cm³/mol. The Balaban J connectivity index is 2.83. The van der Waals surface area contributed by atoms with Gasteiger partial charge in [-0.15, -0.1) is 0 Å². The number of carbonyl (C=O) groups is 1. The Bertz CT molecular complexity index is 749. The van der Waals surface area contributed by atoms with Crippen molar-refractivity contribution in [1.29, 1.82) is 0 Å². The van der Waals surface area contributed by atoms with Gasteiger partial charge in [-0.1, -0.05) is 18.9 Å². The number of aryl methyl sites for hydroxylation is 1. The maximum Gasteiger partial charge on any atom is 0.252 e. The van der Waals surface area contributed by atoms with Gasteiger partial charge in [0.2, 0.25) is 0 Å². The van der Waals surface area contributed by atoms with Crippen molar-refractivity contribution in [2.75, 3.05) is 6.26 Å². The van der Waals surface area contributed by atoms with Gasteiger partial charge in [-0.25, -0.2) is 12.6 Å². The first-order valence-electron chi connectivity index (χ1n) is 6.75. The van der Waals surface area contributed by atoms with Crippen molar-refractivity contribution in [1.82, 2.24) is 0 Å². The second kappa shape index (κ2) is 6.03. The van der Waals surface area contributed by atoms with Crippen LogP contribution < -0.4 is 0 Å². The van der Waals surface area contributed by atoms with Crippen LogP contribution >= 0.6 is 11.6 Å². The molecule has 1 unspecified atom stereocenters.